The Bertz CT molecular complexity index is 583. The lowest BCUT2D eigenvalue weighted by molar-refractivity contribution is -0.149. The number of amides is 2. The van der Waals surface area contributed by atoms with E-state index in [-0.39, 0.29) is 6.42 Å². The molecule has 1 aromatic carbocycles. The molecule has 0 aromatic heterocycles. The average Bonchev–Trinajstić information content (AvgIpc) is 2.66. The molecule has 6 nitrogen and oxygen atoms in total. The molecule has 0 bridgehead atoms. The molecule has 0 aliphatic carbocycles. The topological polar surface area (TPSA) is 77.9 Å². The van der Waals surface area contributed by atoms with Gasteiger partial charge < -0.3 is 10.0 Å². The summed E-state index contributed by atoms with van der Waals surface area (Å²) in [5, 5.41) is 8.73. The van der Waals surface area contributed by atoms with Gasteiger partial charge in [0.05, 0.1) is 5.92 Å². The Morgan fingerprint density at radius 2 is 2.10 bits per heavy atom. The molecule has 2 amide bonds. The van der Waals surface area contributed by atoms with Gasteiger partial charge in [-0.25, -0.2) is 0 Å². The van der Waals surface area contributed by atoms with Crippen LogP contribution in [0.15, 0.2) is 24.3 Å². The van der Waals surface area contributed by atoms with E-state index >= 15 is 0 Å². The molecule has 1 aliphatic rings. The number of carboxylic acids is 1. The molecule has 1 fully saturated rings. The first-order valence-corrected chi connectivity index (χ1v) is 6.70. The third-order valence-electron chi connectivity index (χ3n) is 3.54. The number of carbonyl (C=O) groups excluding carboxylic acids is 2. The Morgan fingerprint density at radius 3 is 2.71 bits per heavy atom. The van der Waals surface area contributed by atoms with Crippen molar-refractivity contribution >= 4 is 23.5 Å². The smallest absolute Gasteiger partial charge is 0.323 e. The van der Waals surface area contributed by atoms with Crippen LogP contribution in [-0.4, -0.2) is 48.4 Å². The van der Waals surface area contributed by atoms with Crippen molar-refractivity contribution in [2.45, 2.75) is 12.8 Å². The molecule has 21 heavy (non-hydrogen) atoms. The Balaban J connectivity index is 2.10. The van der Waals surface area contributed by atoms with Gasteiger partial charge in [0.25, 0.3) is 0 Å². The van der Waals surface area contributed by atoms with E-state index in [0.29, 0.717) is 6.42 Å². The zero-order chi connectivity index (χ0) is 15.6. The second-order valence-corrected chi connectivity index (χ2v) is 5.38. The number of anilines is 1. The van der Waals surface area contributed by atoms with Gasteiger partial charge in [0.1, 0.15) is 6.54 Å². The summed E-state index contributed by atoms with van der Waals surface area (Å²) in [7, 11) is 3.86. The number of carboxylic acid groups (broad SMARTS) is 1. The first-order valence-electron chi connectivity index (χ1n) is 6.70. The van der Waals surface area contributed by atoms with Crippen molar-refractivity contribution in [1.29, 1.82) is 0 Å². The molecule has 112 valence electrons. The van der Waals surface area contributed by atoms with E-state index in [1.807, 2.05) is 43.3 Å². The van der Waals surface area contributed by atoms with E-state index < -0.39 is 30.2 Å². The second-order valence-electron chi connectivity index (χ2n) is 5.38. The second kappa shape index (κ2) is 5.95. The number of hydrogen-bond donors (Lipinski definition) is 1. The van der Waals surface area contributed by atoms with Gasteiger partial charge in [0, 0.05) is 26.2 Å². The van der Waals surface area contributed by atoms with Crippen LogP contribution in [0.25, 0.3) is 0 Å². The van der Waals surface area contributed by atoms with E-state index in [0.717, 1.165) is 16.2 Å². The lowest BCUT2D eigenvalue weighted by Crippen LogP contribution is -2.35. The molecule has 1 aromatic rings. The number of hydrogen-bond acceptors (Lipinski definition) is 4. The molecule has 0 saturated carbocycles. The third-order valence-corrected chi connectivity index (χ3v) is 3.54. The maximum absolute atomic E-state index is 12.1. The van der Waals surface area contributed by atoms with Crippen molar-refractivity contribution in [3.05, 3.63) is 29.8 Å². The van der Waals surface area contributed by atoms with Crippen molar-refractivity contribution in [3.63, 3.8) is 0 Å². The highest BCUT2D eigenvalue weighted by molar-refractivity contribution is 6.05. The summed E-state index contributed by atoms with van der Waals surface area (Å²) in [6, 6.07) is 7.74. The van der Waals surface area contributed by atoms with Crippen LogP contribution in [0.3, 0.4) is 0 Å². The fraction of sp³-hybridized carbons (Fsp3) is 0.400. The van der Waals surface area contributed by atoms with Crippen molar-refractivity contribution in [1.82, 2.24) is 4.90 Å². The minimum absolute atomic E-state index is 0.0817. The standard InChI is InChI=1S/C15H18N2O4/c1-16(2)12-5-3-4-10(7-12)6-11-8-13(18)17(15(11)21)9-14(19)20/h3-5,7,11H,6,8-9H2,1-2H3,(H,19,20). The zero-order valence-electron chi connectivity index (χ0n) is 12.1. The van der Waals surface area contributed by atoms with Gasteiger partial charge in [-0.2, -0.15) is 0 Å². The normalized spacial score (nSPS) is 18.2. The quantitative estimate of drug-likeness (QED) is 0.810. The molecule has 1 unspecified atom stereocenters. The molecule has 2 rings (SSSR count). The van der Waals surface area contributed by atoms with Crippen LogP contribution in [0, 0.1) is 5.92 Å². The predicted octanol–water partition coefficient (Wildman–Crippen LogP) is 0.755. The summed E-state index contributed by atoms with van der Waals surface area (Å²) in [6.07, 6.45) is 0.528. The van der Waals surface area contributed by atoms with Gasteiger partial charge in [-0.15, -0.1) is 0 Å². The average molecular weight is 290 g/mol. The number of rotatable bonds is 5. The van der Waals surface area contributed by atoms with Gasteiger partial charge in [-0.05, 0) is 24.1 Å². The lowest BCUT2D eigenvalue weighted by Gasteiger charge is -2.15. The maximum atomic E-state index is 12.1. The third kappa shape index (κ3) is 3.39. The molecule has 6 heteroatoms. The van der Waals surface area contributed by atoms with Crippen LogP contribution in [-0.2, 0) is 20.8 Å². The van der Waals surface area contributed by atoms with Crippen LogP contribution in [0.1, 0.15) is 12.0 Å². The summed E-state index contributed by atoms with van der Waals surface area (Å²) in [5.41, 5.74) is 1.98. The summed E-state index contributed by atoms with van der Waals surface area (Å²) in [4.78, 5) is 37.3. The van der Waals surface area contributed by atoms with Crippen molar-refractivity contribution in [2.75, 3.05) is 25.5 Å². The van der Waals surface area contributed by atoms with Crippen molar-refractivity contribution in [3.8, 4) is 0 Å². The molecular formula is C15H18N2O4. The highest BCUT2D eigenvalue weighted by Crippen LogP contribution is 2.25. The summed E-state index contributed by atoms with van der Waals surface area (Å²) in [6.45, 7) is -0.550. The number of nitrogens with zero attached hydrogens (tertiary/aromatic N) is 2. The molecule has 0 radical (unpaired) electrons. The van der Waals surface area contributed by atoms with Crippen molar-refractivity contribution in [2.24, 2.45) is 5.92 Å². The minimum atomic E-state index is -1.17. The molecule has 1 atom stereocenters. The summed E-state index contributed by atoms with van der Waals surface area (Å²) in [5.74, 6) is -2.44. The van der Waals surface area contributed by atoms with Gasteiger partial charge in [-0.3, -0.25) is 19.3 Å². The van der Waals surface area contributed by atoms with Gasteiger partial charge in [0.2, 0.25) is 11.8 Å². The van der Waals surface area contributed by atoms with E-state index in [1.54, 1.807) is 0 Å². The number of benzene rings is 1. The molecule has 0 spiro atoms. The van der Waals surface area contributed by atoms with Crippen molar-refractivity contribution < 1.29 is 19.5 Å². The lowest BCUT2D eigenvalue weighted by atomic mass is 9.97. The molecule has 1 heterocycles. The van der Waals surface area contributed by atoms with Crippen LogP contribution in [0.5, 0.6) is 0 Å². The molecular weight excluding hydrogens is 272 g/mol. The molecule has 1 N–H and O–H groups in total. The van der Waals surface area contributed by atoms with Gasteiger partial charge in [-0.1, -0.05) is 12.1 Å². The van der Waals surface area contributed by atoms with E-state index in [4.69, 9.17) is 5.11 Å². The van der Waals surface area contributed by atoms with Gasteiger partial charge in [0.15, 0.2) is 0 Å². The van der Waals surface area contributed by atoms with Crippen LogP contribution >= 0.6 is 0 Å². The monoisotopic (exact) mass is 290 g/mol. The largest absolute Gasteiger partial charge is 0.480 e. The maximum Gasteiger partial charge on any atom is 0.323 e. The van der Waals surface area contributed by atoms with Crippen LogP contribution < -0.4 is 4.90 Å². The molecule has 1 aliphatic heterocycles. The first kappa shape index (κ1) is 15.0. The number of likely N-dealkylation sites (tertiary alicyclic amines) is 1. The summed E-state index contributed by atoms with van der Waals surface area (Å²) < 4.78 is 0. The Hall–Kier alpha value is -2.37. The van der Waals surface area contributed by atoms with E-state index in [2.05, 4.69) is 0 Å². The number of imide groups is 1. The highest BCUT2D eigenvalue weighted by Gasteiger charge is 2.39. The molecule has 1 saturated heterocycles. The fourth-order valence-corrected chi connectivity index (χ4v) is 2.46. The Kier molecular flexibility index (Phi) is 4.26. The van der Waals surface area contributed by atoms with E-state index in [9.17, 15) is 14.4 Å². The fourth-order valence-electron chi connectivity index (χ4n) is 2.46. The SMILES string of the molecule is CN(C)c1cccc(CC2CC(=O)N(CC(=O)O)C2=O)c1. The highest BCUT2D eigenvalue weighted by atomic mass is 16.4. The zero-order valence-corrected chi connectivity index (χ0v) is 12.1. The minimum Gasteiger partial charge on any atom is -0.480 e. The van der Waals surface area contributed by atoms with Crippen LogP contribution in [0.2, 0.25) is 0 Å². The first-order chi connectivity index (χ1) is 9.88. The Morgan fingerprint density at radius 1 is 1.38 bits per heavy atom. The predicted molar refractivity (Wildman–Crippen MR) is 76.9 cm³/mol. The number of aliphatic carboxylic acids is 1. The van der Waals surface area contributed by atoms with E-state index in [1.165, 1.54) is 0 Å². The number of carbonyl (C=O) groups is 3. The van der Waals surface area contributed by atoms with Gasteiger partial charge >= 0.3 is 5.97 Å². The summed E-state index contributed by atoms with van der Waals surface area (Å²) >= 11 is 0. The van der Waals surface area contributed by atoms with Crippen LogP contribution in [0.4, 0.5) is 5.69 Å². The Labute approximate surface area is 123 Å².